The smallest absolute Gasteiger partial charge is 0.320 e. The monoisotopic (exact) mass is 314 g/mol. The van der Waals surface area contributed by atoms with E-state index in [1.807, 2.05) is 19.1 Å². The number of pyridine rings is 1. The minimum absolute atomic E-state index is 0.207. The third kappa shape index (κ3) is 2.71. The van der Waals surface area contributed by atoms with Gasteiger partial charge in [-0.05, 0) is 80.4 Å². The second-order valence-corrected chi connectivity index (χ2v) is 7.94. The van der Waals surface area contributed by atoms with Gasteiger partial charge in [0.1, 0.15) is 5.82 Å². The second-order valence-electron chi connectivity index (χ2n) is 7.94. The number of carbonyl (C=O) groups excluding carboxylic acids is 1. The van der Waals surface area contributed by atoms with Crippen molar-refractivity contribution in [3.05, 3.63) is 23.9 Å². The Morgan fingerprint density at radius 3 is 2.52 bits per heavy atom. The molecule has 2 amide bonds. The van der Waals surface area contributed by atoms with E-state index in [1.165, 1.54) is 32.1 Å². The van der Waals surface area contributed by atoms with Crippen LogP contribution in [-0.4, -0.2) is 23.1 Å². The Morgan fingerprint density at radius 1 is 1.26 bits per heavy atom. The molecule has 0 saturated heterocycles. The summed E-state index contributed by atoms with van der Waals surface area (Å²) < 4.78 is 0. The summed E-state index contributed by atoms with van der Waals surface area (Å²) in [7, 11) is 0. The number of amides is 2. The molecule has 0 unspecified atom stereocenters. The highest BCUT2D eigenvalue weighted by molar-refractivity contribution is 5.88. The molecule has 1 heterocycles. The molecule has 4 aliphatic carbocycles. The number of hydrogen-bond acceptors (Lipinski definition) is 3. The molecule has 0 aromatic carbocycles. The quantitative estimate of drug-likeness (QED) is 0.802. The Hall–Kier alpha value is -1.62. The van der Waals surface area contributed by atoms with E-state index in [9.17, 15) is 4.79 Å². The van der Waals surface area contributed by atoms with Crippen LogP contribution in [0.3, 0.4) is 0 Å². The van der Waals surface area contributed by atoms with Crippen LogP contribution in [0.5, 0.6) is 0 Å². The van der Waals surface area contributed by atoms with E-state index < -0.39 is 0 Å². The van der Waals surface area contributed by atoms with Gasteiger partial charge < -0.3 is 11.1 Å². The van der Waals surface area contributed by atoms with Crippen LogP contribution in [0.1, 0.15) is 37.7 Å². The molecule has 4 aliphatic rings. The number of nitrogens with zero attached hydrogens (tertiary/aromatic N) is 1. The van der Waals surface area contributed by atoms with E-state index in [0.717, 1.165) is 17.4 Å². The van der Waals surface area contributed by atoms with Gasteiger partial charge in [0.25, 0.3) is 0 Å². The predicted molar refractivity (Wildman–Crippen MR) is 90.0 cm³/mol. The third-order valence-corrected chi connectivity index (χ3v) is 6.37. The number of nitrogens with two attached hydrogens (primary N) is 1. The lowest BCUT2D eigenvalue weighted by atomic mass is 9.49. The van der Waals surface area contributed by atoms with Crippen molar-refractivity contribution in [3.8, 4) is 0 Å². The standard InChI is InChI=1S/C18H26N4O/c1-11-2-3-20-16(4-11)22-17(23)21-10-18(19)14-6-12-5-13(8-14)9-15(18)7-12/h2-4,12-15H,5-10,19H2,1H3,(H2,20,21,22,23). The molecule has 4 N–H and O–H groups in total. The summed E-state index contributed by atoms with van der Waals surface area (Å²) in [6.07, 6.45) is 8.14. The first-order valence-electron chi connectivity index (χ1n) is 8.79. The van der Waals surface area contributed by atoms with Crippen molar-refractivity contribution in [2.75, 3.05) is 11.9 Å². The summed E-state index contributed by atoms with van der Waals surface area (Å²) in [5.74, 6) is 3.52. The maximum absolute atomic E-state index is 12.2. The topological polar surface area (TPSA) is 80.0 Å². The van der Waals surface area contributed by atoms with Crippen LogP contribution >= 0.6 is 0 Å². The Labute approximate surface area is 137 Å². The van der Waals surface area contributed by atoms with Gasteiger partial charge in [0.15, 0.2) is 0 Å². The Morgan fingerprint density at radius 2 is 1.91 bits per heavy atom. The second kappa shape index (κ2) is 5.48. The molecule has 4 bridgehead atoms. The average Bonchev–Trinajstić information content (AvgIpc) is 2.50. The first-order chi connectivity index (χ1) is 11.0. The number of urea groups is 1. The molecule has 5 rings (SSSR count). The molecular formula is C18H26N4O. The molecule has 1 aromatic rings. The SMILES string of the molecule is Cc1ccnc(NC(=O)NCC2(N)C3CC4CC(C3)CC2C4)c1. The van der Waals surface area contributed by atoms with Gasteiger partial charge in [0, 0.05) is 18.3 Å². The molecule has 124 valence electrons. The largest absolute Gasteiger partial charge is 0.336 e. The van der Waals surface area contributed by atoms with Crippen LogP contribution in [-0.2, 0) is 0 Å². The molecule has 23 heavy (non-hydrogen) atoms. The van der Waals surface area contributed by atoms with Gasteiger partial charge in [-0.15, -0.1) is 0 Å². The van der Waals surface area contributed by atoms with Crippen LogP contribution < -0.4 is 16.4 Å². The lowest BCUT2D eigenvalue weighted by Crippen LogP contribution is -2.67. The van der Waals surface area contributed by atoms with Crippen LogP contribution in [0.25, 0.3) is 0 Å². The maximum Gasteiger partial charge on any atom is 0.320 e. The van der Waals surface area contributed by atoms with E-state index >= 15 is 0 Å². The summed E-state index contributed by atoms with van der Waals surface area (Å²) in [6, 6.07) is 3.56. The van der Waals surface area contributed by atoms with Crippen molar-refractivity contribution in [1.82, 2.24) is 10.3 Å². The van der Waals surface area contributed by atoms with Crippen molar-refractivity contribution in [2.24, 2.45) is 29.4 Å². The molecule has 1 aromatic heterocycles. The molecular weight excluding hydrogens is 288 g/mol. The van der Waals surface area contributed by atoms with E-state index in [-0.39, 0.29) is 11.6 Å². The number of anilines is 1. The summed E-state index contributed by atoms with van der Waals surface area (Å²) in [4.78, 5) is 16.3. The van der Waals surface area contributed by atoms with Crippen LogP contribution in [0.2, 0.25) is 0 Å². The Balaban J connectivity index is 1.38. The van der Waals surface area contributed by atoms with Crippen molar-refractivity contribution < 1.29 is 4.79 Å². The van der Waals surface area contributed by atoms with E-state index in [2.05, 4.69) is 15.6 Å². The molecule has 0 radical (unpaired) electrons. The molecule has 5 nitrogen and oxygen atoms in total. The zero-order valence-electron chi connectivity index (χ0n) is 13.7. The summed E-state index contributed by atoms with van der Waals surface area (Å²) in [5.41, 5.74) is 7.66. The van der Waals surface area contributed by atoms with Gasteiger partial charge >= 0.3 is 6.03 Å². The van der Waals surface area contributed by atoms with Crippen LogP contribution in [0, 0.1) is 30.6 Å². The summed E-state index contributed by atoms with van der Waals surface area (Å²) in [5, 5.41) is 5.81. The number of nitrogens with one attached hydrogen (secondary N) is 2. The number of carbonyl (C=O) groups is 1. The molecule has 0 spiro atoms. The molecule has 4 saturated carbocycles. The fourth-order valence-corrected chi connectivity index (χ4v) is 5.35. The fourth-order valence-electron chi connectivity index (χ4n) is 5.35. The number of rotatable bonds is 3. The van der Waals surface area contributed by atoms with Crippen molar-refractivity contribution in [1.29, 1.82) is 0 Å². The molecule has 4 fully saturated rings. The van der Waals surface area contributed by atoms with Gasteiger partial charge in [-0.3, -0.25) is 5.32 Å². The highest BCUT2D eigenvalue weighted by Crippen LogP contribution is 2.57. The van der Waals surface area contributed by atoms with Crippen molar-refractivity contribution >= 4 is 11.8 Å². The van der Waals surface area contributed by atoms with E-state index in [1.54, 1.807) is 6.20 Å². The van der Waals surface area contributed by atoms with Crippen LogP contribution in [0.15, 0.2) is 18.3 Å². The highest BCUT2D eigenvalue weighted by Gasteiger charge is 2.55. The number of hydrogen-bond donors (Lipinski definition) is 3. The lowest BCUT2D eigenvalue weighted by Gasteiger charge is -2.59. The van der Waals surface area contributed by atoms with Gasteiger partial charge in [-0.1, -0.05) is 0 Å². The van der Waals surface area contributed by atoms with E-state index in [4.69, 9.17) is 5.73 Å². The van der Waals surface area contributed by atoms with Gasteiger partial charge in [-0.25, -0.2) is 9.78 Å². The zero-order chi connectivity index (χ0) is 16.0. The number of aryl methyl sites for hydroxylation is 1. The Bertz CT molecular complexity index is 587. The Kier molecular flexibility index (Phi) is 3.56. The maximum atomic E-state index is 12.2. The lowest BCUT2D eigenvalue weighted by molar-refractivity contribution is -0.0528. The fraction of sp³-hybridized carbons (Fsp3) is 0.667. The highest BCUT2D eigenvalue weighted by atomic mass is 16.2. The molecule has 0 atom stereocenters. The summed E-state index contributed by atoms with van der Waals surface area (Å²) >= 11 is 0. The van der Waals surface area contributed by atoms with Crippen LogP contribution in [0.4, 0.5) is 10.6 Å². The zero-order valence-corrected chi connectivity index (χ0v) is 13.7. The predicted octanol–water partition coefficient (Wildman–Crippen LogP) is 2.67. The van der Waals surface area contributed by atoms with Gasteiger partial charge in [0.05, 0.1) is 0 Å². The van der Waals surface area contributed by atoms with Gasteiger partial charge in [0.2, 0.25) is 0 Å². The first-order valence-corrected chi connectivity index (χ1v) is 8.79. The van der Waals surface area contributed by atoms with Crippen molar-refractivity contribution in [3.63, 3.8) is 0 Å². The first kappa shape index (κ1) is 14.9. The minimum Gasteiger partial charge on any atom is -0.336 e. The normalized spacial score (nSPS) is 37.7. The average molecular weight is 314 g/mol. The van der Waals surface area contributed by atoms with E-state index in [0.29, 0.717) is 24.2 Å². The molecule has 0 aliphatic heterocycles. The van der Waals surface area contributed by atoms with Crippen molar-refractivity contribution in [2.45, 2.75) is 44.6 Å². The molecule has 5 heteroatoms. The summed E-state index contributed by atoms with van der Waals surface area (Å²) in [6.45, 7) is 2.55. The van der Waals surface area contributed by atoms with Gasteiger partial charge in [-0.2, -0.15) is 0 Å². The minimum atomic E-state index is -0.217. The third-order valence-electron chi connectivity index (χ3n) is 6.37. The number of aromatic nitrogens is 1.